The van der Waals surface area contributed by atoms with Gasteiger partial charge in [0.15, 0.2) is 0 Å². The summed E-state index contributed by atoms with van der Waals surface area (Å²) >= 11 is 7.20. The van der Waals surface area contributed by atoms with E-state index in [2.05, 4.69) is 10.2 Å². The second kappa shape index (κ2) is 8.60. The Hall–Kier alpha value is -1.61. The predicted molar refractivity (Wildman–Crippen MR) is 109 cm³/mol. The predicted octanol–water partition coefficient (Wildman–Crippen LogP) is 3.05. The molecule has 0 spiro atoms. The molecule has 0 unspecified atom stereocenters. The molecule has 6 nitrogen and oxygen atoms in total. The number of amides is 1. The average molecular weight is 428 g/mol. The smallest absolute Gasteiger partial charge is 0.262 e. The summed E-state index contributed by atoms with van der Waals surface area (Å²) in [4.78, 5) is 14.7. The number of piperazine rings is 1. The van der Waals surface area contributed by atoms with Crippen molar-refractivity contribution in [1.29, 1.82) is 0 Å². The molecular weight excluding hydrogens is 406 g/mol. The minimum absolute atomic E-state index is 0.0947. The lowest BCUT2D eigenvalue weighted by molar-refractivity contribution is 0.0954. The summed E-state index contributed by atoms with van der Waals surface area (Å²) in [5.74, 6) is -0.331. The number of thiophene rings is 1. The monoisotopic (exact) mass is 427 g/mol. The molecule has 27 heavy (non-hydrogen) atoms. The molecule has 0 saturated carbocycles. The number of carbonyl (C=O) groups excluding carboxylic acids is 1. The van der Waals surface area contributed by atoms with E-state index in [-0.39, 0.29) is 15.7 Å². The average Bonchev–Trinajstić information content (AvgIpc) is 3.17. The van der Waals surface area contributed by atoms with Crippen LogP contribution in [0.4, 0.5) is 5.69 Å². The van der Waals surface area contributed by atoms with Crippen LogP contribution in [0.3, 0.4) is 0 Å². The first kappa shape index (κ1) is 20.1. The maximum atomic E-state index is 13.1. The zero-order valence-corrected chi connectivity index (χ0v) is 17.4. The van der Waals surface area contributed by atoms with Crippen LogP contribution in [0.5, 0.6) is 0 Å². The van der Waals surface area contributed by atoms with Crippen molar-refractivity contribution in [2.75, 3.05) is 37.6 Å². The van der Waals surface area contributed by atoms with E-state index in [0.29, 0.717) is 37.7 Å². The molecule has 3 rings (SSSR count). The van der Waals surface area contributed by atoms with Crippen molar-refractivity contribution in [2.45, 2.75) is 18.2 Å². The van der Waals surface area contributed by atoms with E-state index < -0.39 is 10.0 Å². The maximum absolute atomic E-state index is 13.1. The van der Waals surface area contributed by atoms with E-state index in [4.69, 9.17) is 11.6 Å². The highest BCUT2D eigenvalue weighted by Gasteiger charge is 2.32. The fourth-order valence-electron chi connectivity index (χ4n) is 2.98. The molecule has 9 heteroatoms. The van der Waals surface area contributed by atoms with E-state index >= 15 is 0 Å². The largest absolute Gasteiger partial charge is 0.369 e. The number of sulfonamides is 1. The van der Waals surface area contributed by atoms with Gasteiger partial charge in [0.25, 0.3) is 5.91 Å². The molecule has 2 heterocycles. The normalized spacial score (nSPS) is 15.7. The number of hydrogen-bond acceptors (Lipinski definition) is 5. The van der Waals surface area contributed by atoms with Gasteiger partial charge in [0, 0.05) is 43.4 Å². The van der Waals surface area contributed by atoms with Gasteiger partial charge in [-0.2, -0.15) is 4.31 Å². The first-order chi connectivity index (χ1) is 12.9. The van der Waals surface area contributed by atoms with Crippen molar-refractivity contribution in [3.8, 4) is 0 Å². The van der Waals surface area contributed by atoms with Gasteiger partial charge >= 0.3 is 0 Å². The fourth-order valence-corrected chi connectivity index (χ4v) is 5.91. The molecule has 1 aliphatic heterocycles. The summed E-state index contributed by atoms with van der Waals surface area (Å²) in [7, 11) is -3.70. The molecule has 1 aromatic heterocycles. The minimum Gasteiger partial charge on any atom is -0.369 e. The van der Waals surface area contributed by atoms with Gasteiger partial charge in [0.1, 0.15) is 9.77 Å². The van der Waals surface area contributed by atoms with Crippen LogP contribution >= 0.6 is 22.9 Å². The van der Waals surface area contributed by atoms with E-state index in [1.54, 1.807) is 5.38 Å². The third kappa shape index (κ3) is 4.45. The summed E-state index contributed by atoms with van der Waals surface area (Å²) in [6.45, 7) is 4.34. The second-order valence-electron chi connectivity index (χ2n) is 6.24. The van der Waals surface area contributed by atoms with Crippen LogP contribution in [0.1, 0.15) is 23.0 Å². The number of carbonyl (C=O) groups is 1. The quantitative estimate of drug-likeness (QED) is 0.769. The molecule has 1 aromatic carbocycles. The molecule has 1 aliphatic rings. The van der Waals surface area contributed by atoms with Crippen LogP contribution in [0, 0.1) is 0 Å². The summed E-state index contributed by atoms with van der Waals surface area (Å²) in [5, 5.41) is 5.06. The Morgan fingerprint density at radius 3 is 2.63 bits per heavy atom. The second-order valence-corrected chi connectivity index (χ2v) is 9.50. The zero-order chi connectivity index (χ0) is 19.4. The summed E-state index contributed by atoms with van der Waals surface area (Å²) in [5.41, 5.74) is 0.981. The summed E-state index contributed by atoms with van der Waals surface area (Å²) < 4.78 is 27.6. The Kier molecular flexibility index (Phi) is 6.41. The van der Waals surface area contributed by atoms with Crippen LogP contribution < -0.4 is 10.2 Å². The first-order valence-electron chi connectivity index (χ1n) is 8.80. The third-order valence-corrected chi connectivity index (χ3v) is 7.62. The Bertz CT molecular complexity index is 906. The van der Waals surface area contributed by atoms with Gasteiger partial charge in [-0.05, 0) is 36.1 Å². The van der Waals surface area contributed by atoms with Gasteiger partial charge in [-0.3, -0.25) is 4.79 Å². The molecule has 2 aromatic rings. The number of anilines is 1. The van der Waals surface area contributed by atoms with Crippen molar-refractivity contribution in [3.05, 3.63) is 45.6 Å². The van der Waals surface area contributed by atoms with E-state index in [1.807, 2.05) is 31.2 Å². The SMILES string of the molecule is CCCNC(=O)c1sccc1S(=O)(=O)N1CCN(c2cccc(Cl)c2)CC1. The van der Waals surface area contributed by atoms with E-state index in [1.165, 1.54) is 10.4 Å². The van der Waals surface area contributed by atoms with Crippen molar-refractivity contribution in [3.63, 3.8) is 0 Å². The molecule has 1 saturated heterocycles. The van der Waals surface area contributed by atoms with Gasteiger partial charge in [-0.1, -0.05) is 24.6 Å². The fraction of sp³-hybridized carbons (Fsp3) is 0.389. The lowest BCUT2D eigenvalue weighted by Crippen LogP contribution is -2.48. The number of nitrogens with zero attached hydrogens (tertiary/aromatic N) is 2. The Morgan fingerprint density at radius 2 is 1.96 bits per heavy atom. The van der Waals surface area contributed by atoms with Gasteiger partial charge < -0.3 is 10.2 Å². The van der Waals surface area contributed by atoms with Gasteiger partial charge in [0.2, 0.25) is 10.0 Å². The standard InChI is InChI=1S/C18H22ClN3O3S2/c1-2-7-20-18(23)17-16(6-12-26-17)27(24,25)22-10-8-21(9-11-22)15-5-3-4-14(19)13-15/h3-6,12-13H,2,7-11H2,1H3,(H,20,23). The van der Waals surface area contributed by atoms with Crippen LogP contribution in [0.25, 0.3) is 0 Å². The highest BCUT2D eigenvalue weighted by molar-refractivity contribution is 7.89. The molecule has 0 bridgehead atoms. The molecule has 1 N–H and O–H groups in total. The lowest BCUT2D eigenvalue weighted by Gasteiger charge is -2.35. The molecule has 0 atom stereocenters. The van der Waals surface area contributed by atoms with Crippen molar-refractivity contribution in [1.82, 2.24) is 9.62 Å². The Morgan fingerprint density at radius 1 is 1.22 bits per heavy atom. The third-order valence-electron chi connectivity index (χ3n) is 4.40. The van der Waals surface area contributed by atoms with Crippen LogP contribution in [-0.4, -0.2) is 51.4 Å². The molecule has 146 valence electrons. The van der Waals surface area contributed by atoms with Crippen LogP contribution in [-0.2, 0) is 10.0 Å². The topological polar surface area (TPSA) is 69.7 Å². The van der Waals surface area contributed by atoms with Crippen LogP contribution in [0.15, 0.2) is 40.6 Å². The molecular formula is C18H22ClN3O3S2. The van der Waals surface area contributed by atoms with Crippen molar-refractivity contribution < 1.29 is 13.2 Å². The molecule has 0 radical (unpaired) electrons. The number of nitrogens with one attached hydrogen (secondary N) is 1. The number of hydrogen-bond donors (Lipinski definition) is 1. The molecule has 1 fully saturated rings. The van der Waals surface area contributed by atoms with Gasteiger partial charge in [0.05, 0.1) is 0 Å². The maximum Gasteiger partial charge on any atom is 0.262 e. The van der Waals surface area contributed by atoms with Crippen molar-refractivity contribution >= 4 is 44.6 Å². The number of halogens is 1. The highest BCUT2D eigenvalue weighted by atomic mass is 35.5. The number of rotatable bonds is 6. The van der Waals surface area contributed by atoms with Gasteiger partial charge in [-0.15, -0.1) is 11.3 Å². The summed E-state index contributed by atoms with van der Waals surface area (Å²) in [6.07, 6.45) is 0.796. The molecule has 1 amide bonds. The minimum atomic E-state index is -3.70. The van der Waals surface area contributed by atoms with Crippen LogP contribution in [0.2, 0.25) is 5.02 Å². The highest BCUT2D eigenvalue weighted by Crippen LogP contribution is 2.27. The van der Waals surface area contributed by atoms with E-state index in [0.717, 1.165) is 23.4 Å². The van der Waals surface area contributed by atoms with Crippen molar-refractivity contribution in [2.24, 2.45) is 0 Å². The first-order valence-corrected chi connectivity index (χ1v) is 11.5. The Balaban J connectivity index is 1.72. The summed E-state index contributed by atoms with van der Waals surface area (Å²) in [6, 6.07) is 9.05. The zero-order valence-electron chi connectivity index (χ0n) is 15.0. The Labute approximate surface area is 168 Å². The number of benzene rings is 1. The van der Waals surface area contributed by atoms with Gasteiger partial charge in [-0.25, -0.2) is 8.42 Å². The molecule has 0 aliphatic carbocycles. The van der Waals surface area contributed by atoms with E-state index in [9.17, 15) is 13.2 Å². The lowest BCUT2D eigenvalue weighted by atomic mass is 10.2.